The monoisotopic (exact) mass is 345 g/mol. The van der Waals surface area contributed by atoms with E-state index in [4.69, 9.17) is 4.74 Å². The Morgan fingerprint density at radius 2 is 2.16 bits per heavy atom. The largest absolute Gasteiger partial charge is 0.493 e. The molecule has 1 aromatic carbocycles. The molecule has 6 heteroatoms. The standard InChI is InChI=1S/C19H27N3O3/c1-21(2)9-5-10-22-13-14(12-18(22)23)19(24)20-16-8-11-25-17-7-4-3-6-15(16)17/h3-4,6-7,14,16H,5,8-13H2,1-2H3,(H,20,24). The second-order valence-electron chi connectivity index (χ2n) is 7.13. The molecule has 1 saturated heterocycles. The summed E-state index contributed by atoms with van der Waals surface area (Å²) < 4.78 is 5.64. The number of amides is 2. The minimum absolute atomic E-state index is 0.0230. The summed E-state index contributed by atoms with van der Waals surface area (Å²) in [5.74, 6) is 0.658. The molecule has 25 heavy (non-hydrogen) atoms. The van der Waals surface area contributed by atoms with Crippen molar-refractivity contribution >= 4 is 11.8 Å². The maximum Gasteiger partial charge on any atom is 0.225 e. The van der Waals surface area contributed by atoms with Crippen molar-refractivity contribution in [2.45, 2.75) is 25.3 Å². The number of likely N-dealkylation sites (tertiary alicyclic amines) is 1. The van der Waals surface area contributed by atoms with Gasteiger partial charge in [-0.15, -0.1) is 0 Å². The van der Waals surface area contributed by atoms with Crippen LogP contribution in [0.3, 0.4) is 0 Å². The highest BCUT2D eigenvalue weighted by Crippen LogP contribution is 2.32. The number of fused-ring (bicyclic) bond motifs is 1. The molecule has 0 spiro atoms. The zero-order valence-electron chi connectivity index (χ0n) is 15.0. The zero-order chi connectivity index (χ0) is 17.8. The number of carbonyl (C=O) groups excluding carboxylic acids is 2. The summed E-state index contributed by atoms with van der Waals surface area (Å²) in [6.45, 7) is 2.80. The minimum atomic E-state index is -0.248. The van der Waals surface area contributed by atoms with E-state index in [2.05, 4.69) is 10.2 Å². The molecule has 3 rings (SSSR count). The summed E-state index contributed by atoms with van der Waals surface area (Å²) in [5, 5.41) is 3.13. The molecule has 2 heterocycles. The van der Waals surface area contributed by atoms with E-state index < -0.39 is 0 Å². The molecule has 2 atom stereocenters. The number of nitrogens with zero attached hydrogens (tertiary/aromatic N) is 2. The molecule has 1 aromatic rings. The van der Waals surface area contributed by atoms with E-state index in [-0.39, 0.29) is 23.8 Å². The van der Waals surface area contributed by atoms with Crippen molar-refractivity contribution in [1.29, 1.82) is 0 Å². The summed E-state index contributed by atoms with van der Waals surface area (Å²) in [6, 6.07) is 7.78. The van der Waals surface area contributed by atoms with Crippen LogP contribution in [0.2, 0.25) is 0 Å². The quantitative estimate of drug-likeness (QED) is 0.847. The number of ether oxygens (including phenoxy) is 1. The first-order chi connectivity index (χ1) is 12.0. The first-order valence-electron chi connectivity index (χ1n) is 8.99. The van der Waals surface area contributed by atoms with Gasteiger partial charge in [-0.1, -0.05) is 18.2 Å². The molecule has 0 saturated carbocycles. The van der Waals surface area contributed by atoms with Crippen molar-refractivity contribution in [2.24, 2.45) is 5.92 Å². The van der Waals surface area contributed by atoms with E-state index in [0.29, 0.717) is 19.6 Å². The topological polar surface area (TPSA) is 61.9 Å². The number of para-hydroxylation sites is 1. The Morgan fingerprint density at radius 3 is 2.96 bits per heavy atom. The van der Waals surface area contributed by atoms with Gasteiger partial charge < -0.3 is 19.9 Å². The van der Waals surface area contributed by atoms with E-state index in [9.17, 15) is 9.59 Å². The molecule has 0 aliphatic carbocycles. The Hall–Kier alpha value is -2.08. The third-order valence-corrected chi connectivity index (χ3v) is 4.89. The Balaban J connectivity index is 1.55. The number of nitrogens with one attached hydrogen (secondary N) is 1. The fraction of sp³-hybridized carbons (Fsp3) is 0.579. The summed E-state index contributed by atoms with van der Waals surface area (Å²) in [4.78, 5) is 28.8. The Kier molecular flexibility index (Phi) is 5.58. The van der Waals surface area contributed by atoms with Gasteiger partial charge in [0.25, 0.3) is 0 Å². The molecule has 2 aliphatic heterocycles. The normalized spacial score (nSPS) is 22.7. The van der Waals surface area contributed by atoms with Gasteiger partial charge in [-0.3, -0.25) is 9.59 Å². The molecule has 2 unspecified atom stereocenters. The maximum absolute atomic E-state index is 12.7. The van der Waals surface area contributed by atoms with Crippen molar-refractivity contribution in [2.75, 3.05) is 40.3 Å². The summed E-state index contributed by atoms with van der Waals surface area (Å²) in [7, 11) is 4.04. The van der Waals surface area contributed by atoms with Crippen molar-refractivity contribution in [1.82, 2.24) is 15.1 Å². The van der Waals surface area contributed by atoms with Crippen LogP contribution >= 0.6 is 0 Å². The van der Waals surface area contributed by atoms with Crippen LogP contribution in [-0.2, 0) is 9.59 Å². The lowest BCUT2D eigenvalue weighted by Crippen LogP contribution is -2.37. The second-order valence-corrected chi connectivity index (χ2v) is 7.13. The summed E-state index contributed by atoms with van der Waals surface area (Å²) in [5.41, 5.74) is 1.02. The lowest BCUT2D eigenvalue weighted by Gasteiger charge is -2.27. The van der Waals surface area contributed by atoms with Crippen LogP contribution in [0.1, 0.15) is 30.9 Å². The molecule has 0 bridgehead atoms. The Labute approximate surface area is 149 Å². The molecule has 1 N–H and O–H groups in total. The molecule has 1 fully saturated rings. The zero-order valence-corrected chi connectivity index (χ0v) is 15.0. The predicted molar refractivity (Wildman–Crippen MR) is 95.3 cm³/mol. The average molecular weight is 345 g/mol. The van der Waals surface area contributed by atoms with Crippen LogP contribution in [0.15, 0.2) is 24.3 Å². The van der Waals surface area contributed by atoms with Gasteiger partial charge in [0, 0.05) is 31.5 Å². The lowest BCUT2D eigenvalue weighted by atomic mass is 9.99. The van der Waals surface area contributed by atoms with E-state index in [1.54, 1.807) is 0 Å². The van der Waals surface area contributed by atoms with Crippen LogP contribution < -0.4 is 10.1 Å². The van der Waals surface area contributed by atoms with Crippen LogP contribution in [0.25, 0.3) is 0 Å². The van der Waals surface area contributed by atoms with Gasteiger partial charge >= 0.3 is 0 Å². The van der Waals surface area contributed by atoms with Crippen LogP contribution in [0.4, 0.5) is 0 Å². The van der Waals surface area contributed by atoms with Gasteiger partial charge in [-0.2, -0.15) is 0 Å². The molecule has 6 nitrogen and oxygen atoms in total. The van der Waals surface area contributed by atoms with Crippen LogP contribution in [-0.4, -0.2) is 62.0 Å². The fourth-order valence-corrected chi connectivity index (χ4v) is 3.52. The first-order valence-corrected chi connectivity index (χ1v) is 8.99. The van der Waals surface area contributed by atoms with Crippen LogP contribution in [0, 0.1) is 5.92 Å². The predicted octanol–water partition coefficient (Wildman–Crippen LogP) is 1.43. The first kappa shape index (κ1) is 17.7. The lowest BCUT2D eigenvalue weighted by molar-refractivity contribution is -0.129. The highest BCUT2D eigenvalue weighted by atomic mass is 16.5. The summed E-state index contributed by atoms with van der Waals surface area (Å²) in [6.07, 6.45) is 2.01. The number of hydrogen-bond donors (Lipinski definition) is 1. The second kappa shape index (κ2) is 7.87. The number of benzene rings is 1. The SMILES string of the molecule is CN(C)CCCN1CC(C(=O)NC2CCOc3ccccc32)CC1=O. The molecular weight excluding hydrogens is 318 g/mol. The number of hydrogen-bond acceptors (Lipinski definition) is 4. The van der Waals surface area contributed by atoms with E-state index in [0.717, 1.165) is 37.2 Å². The van der Waals surface area contributed by atoms with Crippen molar-refractivity contribution < 1.29 is 14.3 Å². The molecular formula is C19H27N3O3. The molecule has 2 aliphatic rings. The molecule has 2 amide bonds. The van der Waals surface area contributed by atoms with E-state index in [1.165, 1.54) is 0 Å². The third-order valence-electron chi connectivity index (χ3n) is 4.89. The maximum atomic E-state index is 12.7. The van der Waals surface area contributed by atoms with Gasteiger partial charge in [0.15, 0.2) is 0 Å². The van der Waals surface area contributed by atoms with E-state index >= 15 is 0 Å². The smallest absolute Gasteiger partial charge is 0.225 e. The average Bonchev–Trinajstić information content (AvgIpc) is 2.96. The molecule has 0 radical (unpaired) electrons. The molecule has 136 valence electrons. The fourth-order valence-electron chi connectivity index (χ4n) is 3.52. The highest BCUT2D eigenvalue weighted by Gasteiger charge is 2.35. The summed E-state index contributed by atoms with van der Waals surface area (Å²) >= 11 is 0. The van der Waals surface area contributed by atoms with Gasteiger partial charge in [-0.05, 0) is 33.1 Å². The highest BCUT2D eigenvalue weighted by molar-refractivity contribution is 5.89. The van der Waals surface area contributed by atoms with Crippen molar-refractivity contribution in [3.8, 4) is 5.75 Å². The van der Waals surface area contributed by atoms with E-state index in [1.807, 2.05) is 43.3 Å². The van der Waals surface area contributed by atoms with Gasteiger partial charge in [0.2, 0.25) is 11.8 Å². The minimum Gasteiger partial charge on any atom is -0.493 e. The Morgan fingerprint density at radius 1 is 1.36 bits per heavy atom. The number of carbonyl (C=O) groups is 2. The van der Waals surface area contributed by atoms with Crippen LogP contribution in [0.5, 0.6) is 5.75 Å². The van der Waals surface area contributed by atoms with Gasteiger partial charge in [-0.25, -0.2) is 0 Å². The van der Waals surface area contributed by atoms with Gasteiger partial charge in [0.1, 0.15) is 5.75 Å². The van der Waals surface area contributed by atoms with Gasteiger partial charge in [0.05, 0.1) is 18.6 Å². The molecule has 0 aromatic heterocycles. The van der Waals surface area contributed by atoms with Crippen molar-refractivity contribution in [3.63, 3.8) is 0 Å². The van der Waals surface area contributed by atoms with Crippen molar-refractivity contribution in [3.05, 3.63) is 29.8 Å². The third kappa shape index (κ3) is 4.31. The Bertz CT molecular complexity index is 632. The number of rotatable bonds is 6.